The second-order valence-corrected chi connectivity index (χ2v) is 3.66. The quantitative estimate of drug-likeness (QED) is 0.566. The van der Waals surface area contributed by atoms with E-state index in [9.17, 15) is 5.11 Å². The van der Waals surface area contributed by atoms with Gasteiger partial charge in [-0.25, -0.2) is 0 Å². The molecule has 0 bridgehead atoms. The first-order chi connectivity index (χ1) is 6.20. The first kappa shape index (κ1) is 10.9. The Kier molecular flexibility index (Phi) is 4.12. The number of aliphatic hydroxyl groups is 1. The highest BCUT2D eigenvalue weighted by atomic mass is 16.5. The maximum absolute atomic E-state index is 9.83. The third-order valence-electron chi connectivity index (χ3n) is 2.49. The summed E-state index contributed by atoms with van der Waals surface area (Å²) in [4.78, 5) is 0. The molecule has 0 spiro atoms. The zero-order valence-electron chi connectivity index (χ0n) is 8.38. The molecule has 0 amide bonds. The fourth-order valence-corrected chi connectivity index (χ4v) is 1.59. The van der Waals surface area contributed by atoms with Gasteiger partial charge in [0.2, 0.25) is 0 Å². The topological polar surface area (TPSA) is 50.7 Å². The normalized spacial score (nSPS) is 33.0. The van der Waals surface area contributed by atoms with Gasteiger partial charge in [0.1, 0.15) is 0 Å². The molecule has 1 aliphatic rings. The van der Waals surface area contributed by atoms with Crippen LogP contribution in [0.25, 0.3) is 0 Å². The minimum absolute atomic E-state index is 0.245. The summed E-state index contributed by atoms with van der Waals surface area (Å²) in [6.45, 7) is 2.11. The number of hydrogen-bond donors (Lipinski definition) is 2. The summed E-state index contributed by atoms with van der Waals surface area (Å²) in [6, 6.07) is 0. The van der Waals surface area contributed by atoms with Gasteiger partial charge in [-0.1, -0.05) is 0 Å². The van der Waals surface area contributed by atoms with Gasteiger partial charge >= 0.3 is 0 Å². The molecule has 0 heterocycles. The van der Waals surface area contributed by atoms with Crippen molar-refractivity contribution in [2.75, 3.05) is 33.9 Å². The van der Waals surface area contributed by atoms with E-state index in [0.29, 0.717) is 13.2 Å². The van der Waals surface area contributed by atoms with Crippen LogP contribution in [0.4, 0.5) is 0 Å². The van der Waals surface area contributed by atoms with Crippen molar-refractivity contribution >= 4 is 0 Å². The molecule has 78 valence electrons. The Morgan fingerprint density at radius 1 is 1.46 bits per heavy atom. The van der Waals surface area contributed by atoms with Gasteiger partial charge in [-0.2, -0.15) is 0 Å². The van der Waals surface area contributed by atoms with Crippen LogP contribution in [0, 0.1) is 0 Å². The van der Waals surface area contributed by atoms with Gasteiger partial charge in [-0.3, -0.25) is 0 Å². The van der Waals surface area contributed by atoms with Crippen LogP contribution in [0.1, 0.15) is 12.8 Å². The van der Waals surface area contributed by atoms with Gasteiger partial charge in [-0.05, 0) is 0 Å². The van der Waals surface area contributed by atoms with E-state index in [2.05, 4.69) is 5.32 Å². The minimum Gasteiger partial charge on any atom is -0.388 e. The third-order valence-corrected chi connectivity index (χ3v) is 2.49. The van der Waals surface area contributed by atoms with Crippen molar-refractivity contribution in [3.63, 3.8) is 0 Å². The lowest BCUT2D eigenvalue weighted by Crippen LogP contribution is -2.54. The van der Waals surface area contributed by atoms with Crippen LogP contribution < -0.4 is 5.32 Å². The van der Waals surface area contributed by atoms with Gasteiger partial charge in [0.25, 0.3) is 0 Å². The molecule has 0 saturated heterocycles. The monoisotopic (exact) mass is 189 g/mol. The van der Waals surface area contributed by atoms with Crippen molar-refractivity contribution in [2.24, 2.45) is 0 Å². The summed E-state index contributed by atoms with van der Waals surface area (Å²) in [5.41, 5.74) is -0.547. The van der Waals surface area contributed by atoms with E-state index in [1.54, 1.807) is 14.2 Å². The second kappa shape index (κ2) is 4.91. The highest BCUT2D eigenvalue weighted by Gasteiger charge is 2.42. The molecule has 1 fully saturated rings. The molecule has 0 atom stereocenters. The molecule has 0 aliphatic heterocycles. The highest BCUT2D eigenvalue weighted by molar-refractivity contribution is 4.96. The van der Waals surface area contributed by atoms with E-state index in [0.717, 1.165) is 19.4 Å². The van der Waals surface area contributed by atoms with Crippen LogP contribution in [0.3, 0.4) is 0 Å². The molecule has 2 N–H and O–H groups in total. The molecule has 0 radical (unpaired) electrons. The Balaban J connectivity index is 2.02. The number of nitrogens with one attached hydrogen (secondary N) is 1. The van der Waals surface area contributed by atoms with Crippen molar-refractivity contribution in [1.82, 2.24) is 5.32 Å². The van der Waals surface area contributed by atoms with Crippen LogP contribution in [-0.4, -0.2) is 50.7 Å². The minimum atomic E-state index is -0.547. The summed E-state index contributed by atoms with van der Waals surface area (Å²) in [7, 11) is 3.35. The molecule has 1 rings (SSSR count). The van der Waals surface area contributed by atoms with Gasteiger partial charge in [0.05, 0.1) is 18.3 Å². The molecule has 0 aromatic heterocycles. The molecule has 0 unspecified atom stereocenters. The highest BCUT2D eigenvalue weighted by Crippen LogP contribution is 2.33. The van der Waals surface area contributed by atoms with Crippen LogP contribution in [-0.2, 0) is 9.47 Å². The standard InChI is InChI=1S/C9H19NO3/c1-12-4-3-10-7-9(11)5-8(6-9)13-2/h8,10-11H,3-7H2,1-2H3. The van der Waals surface area contributed by atoms with E-state index in [1.807, 2.05) is 0 Å². The molecule has 0 aromatic carbocycles. The Bertz CT molecular complexity index is 146. The van der Waals surface area contributed by atoms with E-state index >= 15 is 0 Å². The fraction of sp³-hybridized carbons (Fsp3) is 1.00. The number of methoxy groups -OCH3 is 2. The van der Waals surface area contributed by atoms with Crippen LogP contribution in [0.15, 0.2) is 0 Å². The Hall–Kier alpha value is -0.160. The number of rotatable bonds is 6. The predicted octanol–water partition coefficient (Wildman–Crippen LogP) is -0.238. The Morgan fingerprint density at radius 3 is 2.69 bits per heavy atom. The van der Waals surface area contributed by atoms with Crippen molar-refractivity contribution < 1.29 is 14.6 Å². The SMILES string of the molecule is COCCNCC1(O)CC(OC)C1. The molecular weight excluding hydrogens is 170 g/mol. The van der Waals surface area contributed by atoms with Gasteiger partial charge in [-0.15, -0.1) is 0 Å². The second-order valence-electron chi connectivity index (χ2n) is 3.66. The maximum atomic E-state index is 9.83. The number of ether oxygens (including phenoxy) is 2. The first-order valence-corrected chi connectivity index (χ1v) is 4.65. The van der Waals surface area contributed by atoms with Gasteiger partial charge in [0, 0.05) is 40.2 Å². The fourth-order valence-electron chi connectivity index (χ4n) is 1.59. The predicted molar refractivity (Wildman–Crippen MR) is 49.7 cm³/mol. The molecule has 4 heteroatoms. The van der Waals surface area contributed by atoms with Crippen LogP contribution in [0.2, 0.25) is 0 Å². The number of hydrogen-bond acceptors (Lipinski definition) is 4. The summed E-state index contributed by atoms with van der Waals surface area (Å²) >= 11 is 0. The lowest BCUT2D eigenvalue weighted by molar-refractivity contribution is -0.124. The zero-order valence-corrected chi connectivity index (χ0v) is 8.38. The molecule has 13 heavy (non-hydrogen) atoms. The van der Waals surface area contributed by atoms with Crippen LogP contribution in [0.5, 0.6) is 0 Å². The molecule has 1 aliphatic carbocycles. The average Bonchev–Trinajstić information content (AvgIpc) is 2.08. The van der Waals surface area contributed by atoms with E-state index in [1.165, 1.54) is 0 Å². The van der Waals surface area contributed by atoms with Crippen molar-refractivity contribution in [3.05, 3.63) is 0 Å². The summed E-state index contributed by atoms with van der Waals surface area (Å²) < 4.78 is 9.98. The Morgan fingerprint density at radius 2 is 2.15 bits per heavy atom. The maximum Gasteiger partial charge on any atom is 0.0820 e. The largest absolute Gasteiger partial charge is 0.388 e. The lowest BCUT2D eigenvalue weighted by atomic mass is 9.77. The van der Waals surface area contributed by atoms with E-state index < -0.39 is 5.60 Å². The average molecular weight is 189 g/mol. The van der Waals surface area contributed by atoms with E-state index in [-0.39, 0.29) is 6.10 Å². The van der Waals surface area contributed by atoms with E-state index in [4.69, 9.17) is 9.47 Å². The lowest BCUT2D eigenvalue weighted by Gasteiger charge is -2.42. The smallest absolute Gasteiger partial charge is 0.0820 e. The molecule has 1 saturated carbocycles. The Labute approximate surface area is 79.2 Å². The van der Waals surface area contributed by atoms with Crippen molar-refractivity contribution in [1.29, 1.82) is 0 Å². The van der Waals surface area contributed by atoms with Crippen molar-refractivity contribution in [3.8, 4) is 0 Å². The molecule has 0 aromatic rings. The first-order valence-electron chi connectivity index (χ1n) is 4.65. The van der Waals surface area contributed by atoms with Crippen molar-refractivity contribution in [2.45, 2.75) is 24.5 Å². The molecular formula is C9H19NO3. The van der Waals surface area contributed by atoms with Gasteiger partial charge < -0.3 is 19.9 Å². The summed E-state index contributed by atoms with van der Waals surface area (Å²) in [5, 5.41) is 13.0. The molecule has 4 nitrogen and oxygen atoms in total. The zero-order chi connectivity index (χ0) is 9.73. The summed E-state index contributed by atoms with van der Waals surface area (Å²) in [6.07, 6.45) is 1.72. The van der Waals surface area contributed by atoms with Gasteiger partial charge in [0.15, 0.2) is 0 Å². The summed E-state index contributed by atoms with van der Waals surface area (Å²) in [5.74, 6) is 0. The van der Waals surface area contributed by atoms with Crippen LogP contribution >= 0.6 is 0 Å². The third kappa shape index (κ3) is 3.23.